The predicted octanol–water partition coefficient (Wildman–Crippen LogP) is 0.149. The lowest BCUT2D eigenvalue weighted by molar-refractivity contribution is 0.157. The maximum absolute atomic E-state index is 12.8. The van der Waals surface area contributed by atoms with E-state index in [0.717, 1.165) is 6.42 Å². The first-order valence-electron chi connectivity index (χ1n) is 7.05. The minimum absolute atomic E-state index is 0.0684. The molecule has 2 heterocycles. The molecule has 8 heteroatoms. The topological polar surface area (TPSA) is 84.7 Å². The van der Waals surface area contributed by atoms with Crippen molar-refractivity contribution in [3.63, 3.8) is 0 Å². The van der Waals surface area contributed by atoms with Gasteiger partial charge < -0.3 is 9.84 Å². The molecule has 21 heavy (non-hydrogen) atoms. The number of methoxy groups -OCH3 is 1. The van der Waals surface area contributed by atoms with Crippen LogP contribution in [0.15, 0.2) is 4.90 Å². The molecule has 1 aliphatic rings. The van der Waals surface area contributed by atoms with Gasteiger partial charge in [0.15, 0.2) is 0 Å². The molecule has 0 aliphatic carbocycles. The van der Waals surface area contributed by atoms with Gasteiger partial charge in [-0.3, -0.25) is 4.68 Å². The Morgan fingerprint density at radius 3 is 2.76 bits per heavy atom. The highest BCUT2D eigenvalue weighted by Crippen LogP contribution is 2.28. The minimum atomic E-state index is -3.54. The molecule has 1 aromatic heterocycles. The van der Waals surface area contributed by atoms with Crippen molar-refractivity contribution in [3.05, 3.63) is 11.4 Å². The molecule has 1 atom stereocenters. The van der Waals surface area contributed by atoms with Crippen molar-refractivity contribution >= 4 is 10.0 Å². The summed E-state index contributed by atoms with van der Waals surface area (Å²) in [5.74, 6) is 0.248. The Morgan fingerprint density at radius 2 is 2.14 bits per heavy atom. The Kier molecular flexibility index (Phi) is 5.03. The predicted molar refractivity (Wildman–Crippen MR) is 77.5 cm³/mol. The van der Waals surface area contributed by atoms with Crippen molar-refractivity contribution in [1.82, 2.24) is 14.1 Å². The second kappa shape index (κ2) is 6.43. The zero-order valence-corrected chi connectivity index (χ0v) is 13.6. The van der Waals surface area contributed by atoms with Gasteiger partial charge >= 0.3 is 0 Å². The van der Waals surface area contributed by atoms with Gasteiger partial charge in [0.05, 0.1) is 31.1 Å². The Balaban J connectivity index is 2.28. The van der Waals surface area contributed by atoms with Gasteiger partial charge in [0.1, 0.15) is 4.90 Å². The molecular weight excluding hydrogens is 294 g/mol. The lowest BCUT2D eigenvalue weighted by atomic mass is 10.1. The van der Waals surface area contributed by atoms with Crippen molar-refractivity contribution in [2.75, 3.05) is 33.4 Å². The zero-order valence-electron chi connectivity index (χ0n) is 12.7. The van der Waals surface area contributed by atoms with E-state index in [2.05, 4.69) is 5.10 Å². The molecule has 1 unspecified atom stereocenters. The van der Waals surface area contributed by atoms with Gasteiger partial charge in [0.2, 0.25) is 10.0 Å². The molecule has 1 saturated heterocycles. The fourth-order valence-corrected chi connectivity index (χ4v) is 4.79. The third-order valence-corrected chi connectivity index (χ3v) is 5.99. The van der Waals surface area contributed by atoms with E-state index < -0.39 is 10.0 Å². The van der Waals surface area contributed by atoms with E-state index in [4.69, 9.17) is 9.84 Å². The van der Waals surface area contributed by atoms with Crippen LogP contribution in [0.1, 0.15) is 17.8 Å². The molecule has 0 bridgehead atoms. The zero-order chi connectivity index (χ0) is 15.6. The van der Waals surface area contributed by atoms with Gasteiger partial charge in [-0.25, -0.2) is 8.42 Å². The molecule has 1 aliphatic heterocycles. The van der Waals surface area contributed by atoms with Crippen LogP contribution in [0, 0.1) is 19.8 Å². The molecule has 0 amide bonds. The average molecular weight is 317 g/mol. The van der Waals surface area contributed by atoms with Gasteiger partial charge in [-0.05, 0) is 26.2 Å². The Morgan fingerprint density at radius 1 is 1.43 bits per heavy atom. The van der Waals surface area contributed by atoms with Gasteiger partial charge in [-0.15, -0.1) is 0 Å². The summed E-state index contributed by atoms with van der Waals surface area (Å²) >= 11 is 0. The second-order valence-electron chi connectivity index (χ2n) is 5.42. The normalized spacial score (nSPS) is 20.3. The van der Waals surface area contributed by atoms with Crippen molar-refractivity contribution < 1.29 is 18.3 Å². The Bertz CT molecular complexity index is 597. The van der Waals surface area contributed by atoms with Crippen LogP contribution in [-0.2, 0) is 21.3 Å². The number of nitrogens with zero attached hydrogens (tertiary/aromatic N) is 3. The maximum atomic E-state index is 12.8. The third kappa shape index (κ3) is 3.13. The first-order valence-corrected chi connectivity index (χ1v) is 8.49. The largest absolute Gasteiger partial charge is 0.394 e. The van der Waals surface area contributed by atoms with E-state index in [1.807, 2.05) is 0 Å². The molecule has 1 N–H and O–H groups in total. The van der Waals surface area contributed by atoms with Crippen LogP contribution in [0.25, 0.3) is 0 Å². The highest BCUT2D eigenvalue weighted by Gasteiger charge is 2.35. The fourth-order valence-electron chi connectivity index (χ4n) is 2.88. The highest BCUT2D eigenvalue weighted by molar-refractivity contribution is 7.89. The van der Waals surface area contributed by atoms with Crippen molar-refractivity contribution in [3.8, 4) is 0 Å². The molecule has 1 aromatic rings. The number of aromatic nitrogens is 2. The summed E-state index contributed by atoms with van der Waals surface area (Å²) in [5, 5.41) is 13.2. The number of hydrogen-bond donors (Lipinski definition) is 1. The number of aryl methyl sites for hydroxylation is 1. The maximum Gasteiger partial charge on any atom is 0.246 e. The summed E-state index contributed by atoms with van der Waals surface area (Å²) in [5.41, 5.74) is 1.06. The van der Waals surface area contributed by atoms with E-state index in [9.17, 15) is 8.42 Å². The summed E-state index contributed by atoms with van der Waals surface area (Å²) in [7, 11) is -1.91. The van der Waals surface area contributed by atoms with E-state index >= 15 is 0 Å². The fraction of sp³-hybridized carbons (Fsp3) is 0.769. The summed E-state index contributed by atoms with van der Waals surface area (Å²) in [6, 6.07) is 0. The molecule has 1 fully saturated rings. The van der Waals surface area contributed by atoms with Crippen molar-refractivity contribution in [2.24, 2.45) is 5.92 Å². The van der Waals surface area contributed by atoms with Crippen molar-refractivity contribution in [2.45, 2.75) is 31.7 Å². The van der Waals surface area contributed by atoms with Crippen LogP contribution in [0.4, 0.5) is 0 Å². The Hall–Kier alpha value is -0.960. The second-order valence-corrected chi connectivity index (χ2v) is 7.29. The van der Waals surface area contributed by atoms with Gasteiger partial charge in [0, 0.05) is 20.2 Å². The van der Waals surface area contributed by atoms with E-state index in [0.29, 0.717) is 37.6 Å². The van der Waals surface area contributed by atoms with Crippen molar-refractivity contribution in [1.29, 1.82) is 0 Å². The van der Waals surface area contributed by atoms with Crippen LogP contribution in [0.2, 0.25) is 0 Å². The number of rotatable bonds is 6. The quantitative estimate of drug-likeness (QED) is 0.807. The van der Waals surface area contributed by atoms with Crippen LogP contribution in [-0.4, -0.2) is 61.0 Å². The smallest absolute Gasteiger partial charge is 0.246 e. The van der Waals surface area contributed by atoms with E-state index in [1.54, 1.807) is 25.6 Å². The first-order chi connectivity index (χ1) is 9.91. The van der Waals surface area contributed by atoms with Crippen LogP contribution < -0.4 is 0 Å². The SMILES string of the molecule is COCC1CCN(S(=O)(=O)c2c(C)nn(CCO)c2C)C1. The number of hydrogen-bond acceptors (Lipinski definition) is 5. The first kappa shape index (κ1) is 16.4. The minimum Gasteiger partial charge on any atom is -0.394 e. The monoisotopic (exact) mass is 317 g/mol. The lowest BCUT2D eigenvalue weighted by Gasteiger charge is -2.17. The van der Waals surface area contributed by atoms with Crippen LogP contribution in [0.3, 0.4) is 0 Å². The lowest BCUT2D eigenvalue weighted by Crippen LogP contribution is -2.30. The molecular formula is C13H23N3O4S. The average Bonchev–Trinajstić information content (AvgIpc) is 2.97. The summed E-state index contributed by atoms with van der Waals surface area (Å²) in [6.07, 6.45) is 0.815. The summed E-state index contributed by atoms with van der Waals surface area (Å²) in [4.78, 5) is 0.272. The van der Waals surface area contributed by atoms with E-state index in [-0.39, 0.29) is 17.4 Å². The molecule has 0 spiro atoms. The number of aliphatic hydroxyl groups excluding tert-OH is 1. The van der Waals surface area contributed by atoms with Crippen LogP contribution in [0.5, 0.6) is 0 Å². The summed E-state index contributed by atoms with van der Waals surface area (Å²) < 4.78 is 33.8. The van der Waals surface area contributed by atoms with E-state index in [1.165, 1.54) is 4.31 Å². The highest BCUT2D eigenvalue weighted by atomic mass is 32.2. The molecule has 0 aromatic carbocycles. The molecule has 7 nitrogen and oxygen atoms in total. The number of aliphatic hydroxyl groups is 1. The molecule has 2 rings (SSSR count). The van der Waals surface area contributed by atoms with Crippen LogP contribution >= 0.6 is 0 Å². The Labute approximate surface area is 125 Å². The number of ether oxygens (including phenoxy) is 1. The van der Waals surface area contributed by atoms with Gasteiger partial charge in [-0.1, -0.05) is 0 Å². The van der Waals surface area contributed by atoms with Gasteiger partial charge in [-0.2, -0.15) is 9.40 Å². The molecule has 0 radical (unpaired) electrons. The third-order valence-electron chi connectivity index (χ3n) is 3.88. The number of sulfonamides is 1. The summed E-state index contributed by atoms with van der Waals surface area (Å²) in [6.45, 7) is 5.23. The molecule has 0 saturated carbocycles. The molecule has 120 valence electrons. The standard InChI is InChI=1S/C13H23N3O4S/c1-10-13(11(2)16(14-10)6-7-17)21(18,19)15-5-4-12(8-15)9-20-3/h12,17H,4-9H2,1-3H3. The van der Waals surface area contributed by atoms with Gasteiger partial charge in [0.25, 0.3) is 0 Å².